The first-order valence-electron chi connectivity index (χ1n) is 9.29. The van der Waals surface area contributed by atoms with Gasteiger partial charge in [0.05, 0.1) is 6.26 Å². The Balaban J connectivity index is 1.53. The first kappa shape index (κ1) is 18.4. The van der Waals surface area contributed by atoms with Gasteiger partial charge in [-0.05, 0) is 49.3 Å². The molecule has 0 atom stereocenters. The average molecular weight is 365 g/mol. The highest BCUT2D eigenvalue weighted by Crippen LogP contribution is 2.32. The van der Waals surface area contributed by atoms with Crippen molar-refractivity contribution < 1.29 is 13.2 Å². The van der Waals surface area contributed by atoms with E-state index in [0.717, 1.165) is 0 Å². The van der Waals surface area contributed by atoms with Crippen molar-refractivity contribution in [2.24, 2.45) is 0 Å². The number of sulfonamides is 1. The summed E-state index contributed by atoms with van der Waals surface area (Å²) in [6.07, 6.45) is 9.03. The standard InChI is InChI=1S/C19H28N2O3S/c1-25(23,24)21-13-11-18(12-14-21)20-19(22)17-9-7-16(8-10-17)15-5-3-2-4-6-15/h7-10,15,18H,2-6,11-14H2,1H3,(H,20,22). The topological polar surface area (TPSA) is 66.5 Å². The third-order valence-corrected chi connectivity index (χ3v) is 6.81. The van der Waals surface area contributed by atoms with Gasteiger partial charge >= 0.3 is 0 Å². The van der Waals surface area contributed by atoms with E-state index in [1.54, 1.807) is 0 Å². The minimum Gasteiger partial charge on any atom is -0.349 e. The Labute approximate surface area is 150 Å². The summed E-state index contributed by atoms with van der Waals surface area (Å²) in [5.74, 6) is 0.583. The van der Waals surface area contributed by atoms with E-state index in [4.69, 9.17) is 0 Å². The number of hydrogen-bond acceptors (Lipinski definition) is 3. The van der Waals surface area contributed by atoms with Gasteiger partial charge in [0.1, 0.15) is 0 Å². The summed E-state index contributed by atoms with van der Waals surface area (Å²) in [5.41, 5.74) is 2.03. The molecule has 25 heavy (non-hydrogen) atoms. The zero-order valence-corrected chi connectivity index (χ0v) is 15.7. The predicted octanol–water partition coefficient (Wildman–Crippen LogP) is 2.89. The molecule has 6 heteroatoms. The van der Waals surface area contributed by atoms with Crippen molar-refractivity contribution in [3.8, 4) is 0 Å². The van der Waals surface area contributed by atoms with Gasteiger partial charge in [-0.1, -0.05) is 31.4 Å². The molecule has 0 bridgehead atoms. The lowest BCUT2D eigenvalue weighted by atomic mass is 9.84. The van der Waals surface area contributed by atoms with Crippen molar-refractivity contribution in [3.05, 3.63) is 35.4 Å². The number of piperidine rings is 1. The Morgan fingerprint density at radius 3 is 2.16 bits per heavy atom. The molecule has 1 aliphatic carbocycles. The van der Waals surface area contributed by atoms with Gasteiger partial charge in [-0.3, -0.25) is 4.79 Å². The lowest BCUT2D eigenvalue weighted by Gasteiger charge is -2.30. The Morgan fingerprint density at radius 1 is 1.00 bits per heavy atom. The fourth-order valence-electron chi connectivity index (χ4n) is 3.94. The molecule has 2 aliphatic rings. The van der Waals surface area contributed by atoms with Gasteiger partial charge < -0.3 is 5.32 Å². The van der Waals surface area contributed by atoms with E-state index in [-0.39, 0.29) is 11.9 Å². The van der Waals surface area contributed by atoms with E-state index in [1.165, 1.54) is 48.2 Å². The van der Waals surface area contributed by atoms with E-state index < -0.39 is 10.0 Å². The van der Waals surface area contributed by atoms with Crippen LogP contribution in [0.2, 0.25) is 0 Å². The SMILES string of the molecule is CS(=O)(=O)N1CCC(NC(=O)c2ccc(C3CCCCC3)cc2)CC1. The molecule has 1 amide bonds. The minimum atomic E-state index is -3.12. The van der Waals surface area contributed by atoms with Gasteiger partial charge in [-0.25, -0.2) is 12.7 Å². The number of rotatable bonds is 4. The van der Waals surface area contributed by atoms with Crippen LogP contribution >= 0.6 is 0 Å². The third kappa shape index (κ3) is 4.82. The fraction of sp³-hybridized carbons (Fsp3) is 0.632. The lowest BCUT2D eigenvalue weighted by Crippen LogP contribution is -2.46. The molecular weight excluding hydrogens is 336 g/mol. The van der Waals surface area contributed by atoms with E-state index in [1.807, 2.05) is 12.1 Å². The normalized spacial score (nSPS) is 21.2. The zero-order valence-electron chi connectivity index (χ0n) is 14.9. The van der Waals surface area contributed by atoms with Gasteiger partial charge in [-0.2, -0.15) is 0 Å². The quantitative estimate of drug-likeness (QED) is 0.893. The monoisotopic (exact) mass is 364 g/mol. The summed E-state index contributed by atoms with van der Waals surface area (Å²) in [7, 11) is -3.12. The molecule has 0 unspecified atom stereocenters. The number of hydrogen-bond donors (Lipinski definition) is 1. The molecule has 1 N–H and O–H groups in total. The van der Waals surface area contributed by atoms with E-state index in [9.17, 15) is 13.2 Å². The van der Waals surface area contributed by atoms with Crippen LogP contribution < -0.4 is 5.32 Å². The molecule has 1 saturated carbocycles. The first-order chi connectivity index (χ1) is 11.9. The van der Waals surface area contributed by atoms with Gasteiger partial charge in [0.15, 0.2) is 0 Å². The van der Waals surface area contributed by atoms with Gasteiger partial charge in [0.25, 0.3) is 5.91 Å². The fourth-order valence-corrected chi connectivity index (χ4v) is 4.82. The Hall–Kier alpha value is -1.40. The highest BCUT2D eigenvalue weighted by molar-refractivity contribution is 7.88. The van der Waals surface area contributed by atoms with Crippen LogP contribution in [0, 0.1) is 0 Å². The number of carbonyl (C=O) groups excluding carboxylic acids is 1. The second kappa shape index (κ2) is 7.87. The lowest BCUT2D eigenvalue weighted by molar-refractivity contribution is 0.0924. The predicted molar refractivity (Wildman–Crippen MR) is 99.2 cm³/mol. The second-order valence-electron chi connectivity index (χ2n) is 7.37. The molecule has 3 rings (SSSR count). The Bertz CT molecular complexity index is 686. The molecule has 1 aromatic rings. The first-order valence-corrected chi connectivity index (χ1v) is 11.1. The summed E-state index contributed by atoms with van der Waals surface area (Å²) in [6.45, 7) is 0.953. The van der Waals surface area contributed by atoms with Crippen LogP contribution in [0.4, 0.5) is 0 Å². The summed E-state index contributed by atoms with van der Waals surface area (Å²) in [6, 6.07) is 8.08. The average Bonchev–Trinajstić information content (AvgIpc) is 2.62. The summed E-state index contributed by atoms with van der Waals surface area (Å²) in [5, 5.41) is 3.05. The largest absolute Gasteiger partial charge is 0.349 e. The van der Waals surface area contributed by atoms with Gasteiger partial charge in [0.2, 0.25) is 10.0 Å². The highest BCUT2D eigenvalue weighted by Gasteiger charge is 2.26. The number of amides is 1. The van der Waals surface area contributed by atoms with E-state index >= 15 is 0 Å². The summed E-state index contributed by atoms with van der Waals surface area (Å²) in [4.78, 5) is 12.4. The van der Waals surface area contributed by atoms with Crippen molar-refractivity contribution in [3.63, 3.8) is 0 Å². The number of carbonyl (C=O) groups is 1. The highest BCUT2D eigenvalue weighted by atomic mass is 32.2. The van der Waals surface area contributed by atoms with E-state index in [2.05, 4.69) is 17.4 Å². The van der Waals surface area contributed by atoms with Crippen LogP contribution in [-0.2, 0) is 10.0 Å². The smallest absolute Gasteiger partial charge is 0.251 e. The Kier molecular flexibility index (Phi) is 5.79. The van der Waals surface area contributed by atoms with Crippen molar-refractivity contribution in [1.29, 1.82) is 0 Å². The molecular formula is C19H28N2O3S. The molecule has 1 aliphatic heterocycles. The molecule has 1 saturated heterocycles. The summed E-state index contributed by atoms with van der Waals surface area (Å²) >= 11 is 0. The van der Waals surface area contributed by atoms with Crippen molar-refractivity contribution in [2.45, 2.75) is 56.9 Å². The molecule has 1 heterocycles. The van der Waals surface area contributed by atoms with Crippen LogP contribution in [0.25, 0.3) is 0 Å². The number of nitrogens with zero attached hydrogens (tertiary/aromatic N) is 1. The maximum atomic E-state index is 12.4. The number of benzene rings is 1. The van der Waals surface area contributed by atoms with Gasteiger partial charge in [-0.15, -0.1) is 0 Å². The molecule has 5 nitrogen and oxygen atoms in total. The molecule has 2 fully saturated rings. The van der Waals surface area contributed by atoms with Crippen LogP contribution in [0.5, 0.6) is 0 Å². The van der Waals surface area contributed by atoms with E-state index in [0.29, 0.717) is 37.4 Å². The van der Waals surface area contributed by atoms with Crippen molar-refractivity contribution in [2.75, 3.05) is 19.3 Å². The minimum absolute atomic E-state index is 0.0449. The zero-order chi connectivity index (χ0) is 17.9. The maximum absolute atomic E-state index is 12.4. The third-order valence-electron chi connectivity index (χ3n) is 5.51. The molecule has 1 aromatic carbocycles. The maximum Gasteiger partial charge on any atom is 0.251 e. The second-order valence-corrected chi connectivity index (χ2v) is 9.35. The van der Waals surface area contributed by atoms with Crippen LogP contribution in [-0.4, -0.2) is 44.0 Å². The van der Waals surface area contributed by atoms with Crippen molar-refractivity contribution >= 4 is 15.9 Å². The molecule has 0 spiro atoms. The van der Waals surface area contributed by atoms with Gasteiger partial charge in [0, 0.05) is 24.7 Å². The van der Waals surface area contributed by atoms with Crippen LogP contribution in [0.15, 0.2) is 24.3 Å². The van der Waals surface area contributed by atoms with Crippen LogP contribution in [0.1, 0.15) is 66.8 Å². The molecule has 0 radical (unpaired) electrons. The van der Waals surface area contributed by atoms with Crippen LogP contribution in [0.3, 0.4) is 0 Å². The Morgan fingerprint density at radius 2 is 1.60 bits per heavy atom. The van der Waals surface area contributed by atoms with Crippen molar-refractivity contribution in [1.82, 2.24) is 9.62 Å². The molecule has 138 valence electrons. The summed E-state index contributed by atoms with van der Waals surface area (Å²) < 4.78 is 24.6. The number of nitrogens with one attached hydrogen (secondary N) is 1. The molecule has 0 aromatic heterocycles.